The lowest BCUT2D eigenvalue weighted by Gasteiger charge is -2.30. The number of carbonyl (C=O) groups excluding carboxylic acids is 1. The number of amides is 1. The number of halogens is 2. The van der Waals surface area contributed by atoms with Gasteiger partial charge in [0.1, 0.15) is 0 Å². The fraction of sp³-hybridized carbons (Fsp3) is 0.381. The molecule has 2 heterocycles. The molecule has 0 saturated carbocycles. The summed E-state index contributed by atoms with van der Waals surface area (Å²) in [4.78, 5) is 12.6. The van der Waals surface area contributed by atoms with Crippen molar-refractivity contribution in [3.05, 3.63) is 57.6 Å². The molecule has 0 radical (unpaired) electrons. The Hall–Kier alpha value is -2.00. The van der Waals surface area contributed by atoms with E-state index in [1.54, 1.807) is 12.1 Å². The molecule has 1 N–H and O–H groups in total. The number of hydrogen-bond donors (Lipinski definition) is 1. The van der Waals surface area contributed by atoms with Gasteiger partial charge in [-0.2, -0.15) is 0 Å². The van der Waals surface area contributed by atoms with Gasteiger partial charge in [-0.15, -0.1) is 0 Å². The summed E-state index contributed by atoms with van der Waals surface area (Å²) in [5.41, 5.74) is 1.42. The maximum atomic E-state index is 12.8. The molecule has 2 aromatic rings. The molecule has 166 valence electrons. The summed E-state index contributed by atoms with van der Waals surface area (Å²) in [6, 6.07) is 10.3. The molecule has 0 atom stereocenters. The number of nitrogens with zero attached hydrogens (tertiary/aromatic N) is 1. The maximum absolute atomic E-state index is 12.8. The van der Waals surface area contributed by atoms with Crippen molar-refractivity contribution in [3.8, 4) is 11.5 Å². The molecule has 2 aromatic carbocycles. The Kier molecular flexibility index (Phi) is 6.62. The van der Waals surface area contributed by atoms with E-state index in [1.165, 1.54) is 10.4 Å². The van der Waals surface area contributed by atoms with Gasteiger partial charge in [0, 0.05) is 35.6 Å². The van der Waals surface area contributed by atoms with Crippen molar-refractivity contribution in [2.45, 2.75) is 25.1 Å². The Labute approximate surface area is 191 Å². The standard InChI is InChI=1S/C21H22Cl2N2O5S/c22-17-3-2-16(18(23)10-17)12-31(27,28)25-7-5-15(6-8-25)21(26)24-11-14-1-4-19-20(9-14)30-13-29-19/h1-4,9-10,15H,5-8,11-13H2,(H,24,26). The normalized spacial score (nSPS) is 17.0. The van der Waals surface area contributed by atoms with E-state index in [0.29, 0.717) is 59.6 Å². The number of nitrogens with one attached hydrogen (secondary N) is 1. The van der Waals surface area contributed by atoms with Crippen LogP contribution in [0.5, 0.6) is 11.5 Å². The fourth-order valence-corrected chi connectivity index (χ4v) is 5.86. The van der Waals surface area contributed by atoms with Crippen LogP contribution in [0.4, 0.5) is 0 Å². The smallest absolute Gasteiger partial charge is 0.231 e. The molecule has 1 saturated heterocycles. The topological polar surface area (TPSA) is 84.9 Å². The van der Waals surface area contributed by atoms with E-state index in [4.69, 9.17) is 32.7 Å². The van der Waals surface area contributed by atoms with Gasteiger partial charge >= 0.3 is 0 Å². The minimum absolute atomic E-state index is 0.0736. The lowest BCUT2D eigenvalue weighted by molar-refractivity contribution is -0.126. The van der Waals surface area contributed by atoms with Crippen LogP contribution in [0.3, 0.4) is 0 Å². The highest BCUT2D eigenvalue weighted by atomic mass is 35.5. The van der Waals surface area contributed by atoms with Gasteiger partial charge in [-0.25, -0.2) is 12.7 Å². The lowest BCUT2D eigenvalue weighted by Crippen LogP contribution is -2.43. The molecule has 2 aliphatic rings. The van der Waals surface area contributed by atoms with Crippen molar-refractivity contribution in [1.29, 1.82) is 0 Å². The summed E-state index contributed by atoms with van der Waals surface area (Å²) in [7, 11) is -3.53. The summed E-state index contributed by atoms with van der Waals surface area (Å²) in [6.45, 7) is 1.19. The minimum atomic E-state index is -3.53. The van der Waals surface area contributed by atoms with E-state index in [1.807, 2.05) is 18.2 Å². The molecule has 0 unspecified atom stereocenters. The van der Waals surface area contributed by atoms with Crippen LogP contribution < -0.4 is 14.8 Å². The molecule has 0 aromatic heterocycles. The van der Waals surface area contributed by atoms with Crippen LogP contribution in [0.15, 0.2) is 36.4 Å². The quantitative estimate of drug-likeness (QED) is 0.676. The van der Waals surface area contributed by atoms with E-state index in [-0.39, 0.29) is 24.4 Å². The first-order valence-electron chi connectivity index (χ1n) is 9.90. The van der Waals surface area contributed by atoms with Crippen LogP contribution in [0.2, 0.25) is 10.0 Å². The number of rotatable bonds is 6. The van der Waals surface area contributed by atoms with Crippen LogP contribution in [0.25, 0.3) is 0 Å². The molecule has 7 nitrogen and oxygen atoms in total. The Balaban J connectivity index is 1.29. The number of hydrogen-bond acceptors (Lipinski definition) is 5. The third-order valence-electron chi connectivity index (χ3n) is 5.47. The zero-order valence-corrected chi connectivity index (χ0v) is 19.0. The molecule has 0 spiro atoms. The molecule has 1 amide bonds. The molecule has 2 aliphatic heterocycles. The van der Waals surface area contributed by atoms with E-state index in [0.717, 1.165) is 5.56 Å². The molecule has 10 heteroatoms. The van der Waals surface area contributed by atoms with Gasteiger partial charge in [0.05, 0.1) is 5.75 Å². The number of fused-ring (bicyclic) bond motifs is 1. The SMILES string of the molecule is O=C(NCc1ccc2c(c1)OCO2)C1CCN(S(=O)(=O)Cc2ccc(Cl)cc2Cl)CC1. The van der Waals surface area contributed by atoms with Gasteiger partial charge in [0.2, 0.25) is 22.7 Å². The number of ether oxygens (including phenoxy) is 2. The molecule has 4 rings (SSSR count). The van der Waals surface area contributed by atoms with Crippen LogP contribution in [0, 0.1) is 5.92 Å². The second kappa shape index (κ2) is 9.24. The van der Waals surface area contributed by atoms with Gasteiger partial charge < -0.3 is 14.8 Å². The van der Waals surface area contributed by atoms with Crippen LogP contribution in [0.1, 0.15) is 24.0 Å². The van der Waals surface area contributed by atoms with Crippen LogP contribution in [-0.4, -0.2) is 38.5 Å². The lowest BCUT2D eigenvalue weighted by atomic mass is 9.97. The second-order valence-electron chi connectivity index (χ2n) is 7.57. The van der Waals surface area contributed by atoms with Crippen molar-refractivity contribution < 1.29 is 22.7 Å². The average molecular weight is 485 g/mol. The Bertz CT molecular complexity index is 1090. The van der Waals surface area contributed by atoms with Crippen LogP contribution in [-0.2, 0) is 27.1 Å². The zero-order valence-electron chi connectivity index (χ0n) is 16.6. The van der Waals surface area contributed by atoms with E-state index in [9.17, 15) is 13.2 Å². The summed E-state index contributed by atoms with van der Waals surface area (Å²) >= 11 is 12.0. The molecule has 0 bridgehead atoms. The monoisotopic (exact) mass is 484 g/mol. The molecular weight excluding hydrogens is 463 g/mol. The molecule has 1 fully saturated rings. The summed E-state index contributed by atoms with van der Waals surface area (Å²) in [6.07, 6.45) is 0.946. The average Bonchev–Trinajstić information content (AvgIpc) is 3.22. The third kappa shape index (κ3) is 5.26. The number of carbonyl (C=O) groups is 1. The van der Waals surface area contributed by atoms with E-state index >= 15 is 0 Å². The maximum Gasteiger partial charge on any atom is 0.231 e. The van der Waals surface area contributed by atoms with Gasteiger partial charge in [0.25, 0.3) is 0 Å². The van der Waals surface area contributed by atoms with Crippen molar-refractivity contribution in [1.82, 2.24) is 9.62 Å². The van der Waals surface area contributed by atoms with Gasteiger partial charge in [-0.3, -0.25) is 4.79 Å². The molecular formula is C21H22Cl2N2O5S. The van der Waals surface area contributed by atoms with Gasteiger partial charge in [-0.05, 0) is 48.2 Å². The minimum Gasteiger partial charge on any atom is -0.454 e. The first kappa shape index (κ1) is 22.2. The van der Waals surface area contributed by atoms with Gasteiger partial charge in [-0.1, -0.05) is 35.3 Å². The number of piperidine rings is 1. The Morgan fingerprint density at radius 1 is 1.06 bits per heavy atom. The predicted molar refractivity (Wildman–Crippen MR) is 118 cm³/mol. The predicted octanol–water partition coefficient (Wildman–Crippen LogP) is 3.58. The largest absolute Gasteiger partial charge is 0.454 e. The van der Waals surface area contributed by atoms with E-state index < -0.39 is 10.0 Å². The third-order valence-corrected chi connectivity index (χ3v) is 7.89. The molecule has 31 heavy (non-hydrogen) atoms. The number of sulfonamides is 1. The van der Waals surface area contributed by atoms with Gasteiger partial charge in [0.15, 0.2) is 11.5 Å². The molecule has 0 aliphatic carbocycles. The Morgan fingerprint density at radius 2 is 1.81 bits per heavy atom. The zero-order chi connectivity index (χ0) is 22.0. The van der Waals surface area contributed by atoms with Crippen molar-refractivity contribution in [3.63, 3.8) is 0 Å². The highest BCUT2D eigenvalue weighted by Gasteiger charge is 2.31. The first-order chi connectivity index (χ1) is 14.8. The second-order valence-corrected chi connectivity index (χ2v) is 10.4. The summed E-state index contributed by atoms with van der Waals surface area (Å²) < 4.78 is 37.6. The first-order valence-corrected chi connectivity index (χ1v) is 12.3. The van der Waals surface area contributed by atoms with Crippen molar-refractivity contribution >= 4 is 39.1 Å². The van der Waals surface area contributed by atoms with Crippen LogP contribution >= 0.6 is 23.2 Å². The highest BCUT2D eigenvalue weighted by molar-refractivity contribution is 7.88. The number of benzene rings is 2. The Morgan fingerprint density at radius 3 is 2.55 bits per heavy atom. The summed E-state index contributed by atoms with van der Waals surface area (Å²) in [5, 5.41) is 3.72. The fourth-order valence-electron chi connectivity index (χ4n) is 3.71. The van der Waals surface area contributed by atoms with Crippen molar-refractivity contribution in [2.75, 3.05) is 19.9 Å². The van der Waals surface area contributed by atoms with E-state index in [2.05, 4.69) is 5.32 Å². The van der Waals surface area contributed by atoms with Crippen molar-refractivity contribution in [2.24, 2.45) is 5.92 Å². The highest BCUT2D eigenvalue weighted by Crippen LogP contribution is 2.32. The summed E-state index contributed by atoms with van der Waals surface area (Å²) in [5.74, 6) is 0.883.